The average Bonchev–Trinajstić information content (AvgIpc) is 3.39. The van der Waals surface area contributed by atoms with E-state index < -0.39 is 164 Å². The van der Waals surface area contributed by atoms with E-state index in [1.54, 1.807) is 39.8 Å². The summed E-state index contributed by atoms with van der Waals surface area (Å²) >= 11 is 0. The lowest BCUT2D eigenvalue weighted by molar-refractivity contribution is -0.142. The number of hydrogen-bond acceptors (Lipinski definition) is 18. The molecule has 0 bridgehead atoms. The second-order valence-corrected chi connectivity index (χ2v) is 18.0. The molecule has 28 nitrogen and oxygen atoms in total. The number of phenolic OH excluding ortho intramolecular Hbond substituents is 2. The number of nitrogens with two attached hydrogens (primary N) is 1. The lowest BCUT2D eigenvalue weighted by Gasteiger charge is -2.29. The number of aliphatic hydroxyl groups is 5. The minimum Gasteiger partial charge on any atom is -0.508 e. The smallest absolute Gasteiger partial charge is 0.326 e. The van der Waals surface area contributed by atoms with Crippen LogP contribution in [0.3, 0.4) is 0 Å². The number of hydrogen-bond donors (Lipinski definition) is 18. The van der Waals surface area contributed by atoms with Crippen LogP contribution in [0.4, 0.5) is 0 Å². The highest BCUT2D eigenvalue weighted by Crippen LogP contribution is 2.15. The van der Waals surface area contributed by atoms with Crippen molar-refractivity contribution < 1.29 is 88.8 Å². The molecule has 0 unspecified atom stereocenters. The molecule has 0 aliphatic rings. The third-order valence-electron chi connectivity index (χ3n) is 12.1. The maximum Gasteiger partial charge on any atom is 0.326 e. The Hall–Kier alpha value is -7.50. The quantitative estimate of drug-likeness (QED) is 0.0324. The second-order valence-electron chi connectivity index (χ2n) is 18.0. The van der Waals surface area contributed by atoms with Gasteiger partial charge in [-0.3, -0.25) is 43.2 Å². The summed E-state index contributed by atoms with van der Waals surface area (Å²) in [6, 6.07) is -2.81. The first kappa shape index (κ1) is 64.6. The van der Waals surface area contributed by atoms with Crippen LogP contribution < -0.4 is 53.6 Å². The highest BCUT2D eigenvalue weighted by Gasteiger charge is 2.37. The molecule has 9 amide bonds. The Labute approximate surface area is 437 Å². The molecule has 0 aliphatic carbocycles. The van der Waals surface area contributed by atoms with Gasteiger partial charge in [-0.15, -0.1) is 0 Å². The fourth-order valence-electron chi connectivity index (χ4n) is 6.99. The summed E-state index contributed by atoms with van der Waals surface area (Å²) < 4.78 is 0. The zero-order valence-corrected chi connectivity index (χ0v) is 42.6. The lowest BCUT2D eigenvalue weighted by Crippen LogP contribution is -2.62. The van der Waals surface area contributed by atoms with Gasteiger partial charge in [-0.1, -0.05) is 64.8 Å². The van der Waals surface area contributed by atoms with Gasteiger partial charge < -0.3 is 94.4 Å². The summed E-state index contributed by atoms with van der Waals surface area (Å²) in [5.41, 5.74) is 7.14. The second kappa shape index (κ2) is 32.1. The normalized spacial score (nSPS) is 15.8. The van der Waals surface area contributed by atoms with Gasteiger partial charge in [0.25, 0.3) is 0 Å². The first-order chi connectivity index (χ1) is 35.8. The van der Waals surface area contributed by atoms with E-state index in [1.807, 2.05) is 0 Å². The number of rotatable bonds is 32. The summed E-state index contributed by atoms with van der Waals surface area (Å²) in [5.74, 6) is -12.3. The average molecular weight is 1080 g/mol. The van der Waals surface area contributed by atoms with Gasteiger partial charge in [-0.05, 0) is 60.6 Å². The third kappa shape index (κ3) is 20.7. The molecule has 19 N–H and O–H groups in total. The van der Waals surface area contributed by atoms with Gasteiger partial charge in [0.05, 0.1) is 45.1 Å². The van der Waals surface area contributed by atoms with Gasteiger partial charge >= 0.3 is 5.97 Å². The lowest BCUT2D eigenvalue weighted by atomic mass is 9.96. The van der Waals surface area contributed by atoms with Crippen molar-refractivity contribution in [2.75, 3.05) is 33.0 Å². The number of aromatic hydroxyl groups is 2. The van der Waals surface area contributed by atoms with Gasteiger partial charge in [-0.2, -0.15) is 0 Å². The van der Waals surface area contributed by atoms with Crippen molar-refractivity contribution in [2.45, 2.75) is 121 Å². The van der Waals surface area contributed by atoms with E-state index in [0.29, 0.717) is 17.5 Å². The number of nitrogens with one attached hydrogen (secondary N) is 9. The molecule has 28 heteroatoms. The van der Waals surface area contributed by atoms with Crippen molar-refractivity contribution in [3.63, 3.8) is 0 Å². The summed E-state index contributed by atoms with van der Waals surface area (Å²) in [6.45, 7) is 2.44. The maximum atomic E-state index is 13.5. The summed E-state index contributed by atoms with van der Waals surface area (Å²) in [4.78, 5) is 131. The molecular weight excluding hydrogens is 1000 g/mol. The van der Waals surface area contributed by atoms with E-state index in [4.69, 9.17) is 5.73 Å². The Balaban J connectivity index is 2.03. The van der Waals surface area contributed by atoms with Crippen LogP contribution in [0.1, 0.15) is 58.6 Å². The van der Waals surface area contributed by atoms with E-state index in [-0.39, 0.29) is 30.8 Å². The van der Waals surface area contributed by atoms with E-state index in [0.717, 1.165) is 6.92 Å². The van der Waals surface area contributed by atoms with E-state index >= 15 is 0 Å². The number of benzene rings is 2. The molecule has 0 saturated heterocycles. The predicted octanol–water partition coefficient (Wildman–Crippen LogP) is -6.27. The molecule has 0 aromatic heterocycles. The SMILES string of the molecule is CC[C@H](C)[C@H](NC(=O)[C@@H](NC(=O)[C@H](CO)NC(=O)[C@H](CO)NC(=O)CNC(=O)[C@H](CO)NC(=O)[C@H](CO)NC(=O)[C@@H](NC(=O)[C@@H](N)Cc1ccc(O)cc1)[C@@H](C)CC)[C@@H](C)O)C(=O)N[C@@H](Cc1ccc(O)cc1)C(=O)O. The zero-order valence-electron chi connectivity index (χ0n) is 42.6. The topological polar surface area (TPSA) is 467 Å². The fourth-order valence-corrected chi connectivity index (χ4v) is 6.99. The van der Waals surface area contributed by atoms with Gasteiger partial charge in [-0.25, -0.2) is 4.79 Å². The number of phenols is 2. The number of aliphatic carboxylic acids is 1. The monoisotopic (exact) mass is 1080 g/mol. The Kier molecular flexibility index (Phi) is 27.3. The maximum absolute atomic E-state index is 13.5. The van der Waals surface area contributed by atoms with Crippen molar-refractivity contribution in [2.24, 2.45) is 17.6 Å². The third-order valence-corrected chi connectivity index (χ3v) is 12.1. The summed E-state index contributed by atoms with van der Waals surface area (Å²) in [6.07, 6.45) is -1.15. The van der Waals surface area contributed by atoms with Crippen LogP contribution in [0.15, 0.2) is 48.5 Å². The van der Waals surface area contributed by atoms with Crippen LogP contribution in [0.2, 0.25) is 0 Å². The minimum absolute atomic E-state index is 0.00547. The Morgan fingerprint density at radius 2 is 0.803 bits per heavy atom. The number of aliphatic hydroxyl groups excluding tert-OH is 5. The molecule has 0 radical (unpaired) electrons. The van der Waals surface area contributed by atoms with Gasteiger partial charge in [0.15, 0.2) is 0 Å². The largest absolute Gasteiger partial charge is 0.508 e. The molecule has 0 spiro atoms. The number of carboxylic acids is 1. The molecule has 422 valence electrons. The molecule has 12 atom stereocenters. The van der Waals surface area contributed by atoms with Crippen LogP contribution in [0.5, 0.6) is 11.5 Å². The Bertz CT molecular complexity index is 2290. The van der Waals surface area contributed by atoms with E-state index in [1.165, 1.54) is 36.4 Å². The van der Waals surface area contributed by atoms with Crippen molar-refractivity contribution in [3.8, 4) is 11.5 Å². The molecular formula is C48H72N10O18. The summed E-state index contributed by atoms with van der Waals surface area (Å²) in [5, 5.41) is 99.3. The first-order valence-electron chi connectivity index (χ1n) is 24.2. The van der Waals surface area contributed by atoms with E-state index in [9.17, 15) is 88.8 Å². The standard InChI is InChI=1S/C48H72N10O18/c1-6-23(3)37(56-40(67)30(49)16-26-8-12-28(64)13-9-26)46(73)55-34(21-61)43(70)53-32(19-59)41(68)50-18-36(66)51-33(20-60)42(69)54-35(22-62)44(71)58-39(25(5)63)47(74)57-38(24(4)7-2)45(72)52-31(48(75)76)17-27-10-14-29(65)15-11-27/h8-15,23-25,30-35,37-39,59-65H,6-7,16-22,49H2,1-5H3,(H,50,68)(H,51,66)(H,52,72)(H,53,70)(H,54,69)(H,55,73)(H,56,67)(H,57,74)(H,58,71)(H,75,76)/t23-,24-,25+,30-,31-,32-,33-,34-,35-,37-,38-,39-/m0/s1. The van der Waals surface area contributed by atoms with Crippen LogP contribution in [-0.2, 0) is 60.8 Å². The van der Waals surface area contributed by atoms with Crippen molar-refractivity contribution in [1.29, 1.82) is 0 Å². The van der Waals surface area contributed by atoms with Gasteiger partial charge in [0.1, 0.15) is 59.8 Å². The van der Waals surface area contributed by atoms with Gasteiger partial charge in [0.2, 0.25) is 53.2 Å². The highest BCUT2D eigenvalue weighted by atomic mass is 16.4. The van der Waals surface area contributed by atoms with Crippen molar-refractivity contribution in [3.05, 3.63) is 59.7 Å². The number of amides is 9. The minimum atomic E-state index is -1.89. The first-order valence-corrected chi connectivity index (χ1v) is 24.2. The Morgan fingerprint density at radius 3 is 1.21 bits per heavy atom. The molecule has 0 heterocycles. The van der Waals surface area contributed by atoms with Crippen LogP contribution in [0, 0.1) is 11.8 Å². The number of carbonyl (C=O) groups is 10. The molecule has 0 aliphatic heterocycles. The number of carboxylic acid groups (broad SMARTS) is 1. The highest BCUT2D eigenvalue weighted by molar-refractivity contribution is 5.98. The van der Waals surface area contributed by atoms with Crippen LogP contribution in [-0.4, -0.2) is 193 Å². The van der Waals surface area contributed by atoms with Crippen LogP contribution in [0.25, 0.3) is 0 Å². The molecule has 2 rings (SSSR count). The molecule has 2 aromatic rings. The molecule has 2 aromatic carbocycles. The Morgan fingerprint density at radius 1 is 0.461 bits per heavy atom. The van der Waals surface area contributed by atoms with Crippen LogP contribution >= 0.6 is 0 Å². The summed E-state index contributed by atoms with van der Waals surface area (Å²) in [7, 11) is 0. The molecule has 0 saturated carbocycles. The zero-order chi connectivity index (χ0) is 57.4. The van der Waals surface area contributed by atoms with Crippen molar-refractivity contribution >= 4 is 59.1 Å². The van der Waals surface area contributed by atoms with Crippen molar-refractivity contribution in [1.82, 2.24) is 47.9 Å². The van der Waals surface area contributed by atoms with E-state index in [2.05, 4.69) is 47.9 Å². The molecule has 0 fully saturated rings. The number of carbonyl (C=O) groups excluding carboxylic acids is 9. The predicted molar refractivity (Wildman–Crippen MR) is 267 cm³/mol. The van der Waals surface area contributed by atoms with Gasteiger partial charge in [0, 0.05) is 6.42 Å². The fraction of sp³-hybridized carbons (Fsp3) is 0.542. The molecule has 76 heavy (non-hydrogen) atoms.